The number of nitrogens with two attached hydrogens (primary N) is 1. The molecular weight excluding hydrogens is 420 g/mol. The lowest BCUT2D eigenvalue weighted by atomic mass is 10.0. The van der Waals surface area contributed by atoms with E-state index in [9.17, 15) is 4.55 Å². The Labute approximate surface area is 191 Å². The van der Waals surface area contributed by atoms with Crippen molar-refractivity contribution in [2.45, 2.75) is 44.4 Å². The maximum atomic E-state index is 12.7. The van der Waals surface area contributed by atoms with Gasteiger partial charge in [-0.15, -0.1) is 11.3 Å². The summed E-state index contributed by atoms with van der Waals surface area (Å²) in [6.07, 6.45) is 6.42. The van der Waals surface area contributed by atoms with Gasteiger partial charge >= 0.3 is 0 Å². The molecule has 4 aromatic rings. The highest BCUT2D eigenvalue weighted by atomic mass is 32.2. The van der Waals surface area contributed by atoms with Crippen LogP contribution in [-0.2, 0) is 17.8 Å². The molecule has 1 unspecified atom stereocenters. The first-order valence-electron chi connectivity index (χ1n) is 10.5. The predicted molar refractivity (Wildman–Crippen MR) is 131 cm³/mol. The quantitative estimate of drug-likeness (QED) is 0.326. The molecule has 7 nitrogen and oxygen atoms in total. The van der Waals surface area contributed by atoms with Crippen LogP contribution >= 0.6 is 0 Å². The summed E-state index contributed by atoms with van der Waals surface area (Å²) >= 11 is -1.20. The second kappa shape index (κ2) is 8.90. The minimum absolute atomic E-state index is 0.0653. The minimum Gasteiger partial charge on any atom is -0.598 e. The van der Waals surface area contributed by atoms with Crippen molar-refractivity contribution in [3.63, 3.8) is 0 Å². The van der Waals surface area contributed by atoms with Gasteiger partial charge in [0.15, 0.2) is 5.82 Å². The largest absolute Gasteiger partial charge is 0.598 e. The lowest BCUT2D eigenvalue weighted by Gasteiger charge is -2.27. The summed E-state index contributed by atoms with van der Waals surface area (Å²) in [7, 11) is 0. The number of nitrogens with zero attached hydrogens (tertiary/aromatic N) is 4. The Hall–Kier alpha value is -2.94. The first-order valence-corrected chi connectivity index (χ1v) is 11.7. The van der Waals surface area contributed by atoms with Gasteiger partial charge in [-0.1, -0.05) is 24.3 Å². The normalized spacial score (nSPS) is 14.0. The number of rotatable bonds is 7. The molecule has 0 saturated carbocycles. The van der Waals surface area contributed by atoms with E-state index in [2.05, 4.69) is 38.5 Å². The van der Waals surface area contributed by atoms with E-state index in [1.807, 2.05) is 61.8 Å². The first kappa shape index (κ1) is 22.3. The number of benzene rings is 1. The molecule has 32 heavy (non-hydrogen) atoms. The Morgan fingerprint density at radius 2 is 2.03 bits per heavy atom. The number of hydrogen-bond acceptors (Lipinski definition) is 6. The third-order valence-corrected chi connectivity index (χ3v) is 6.95. The van der Waals surface area contributed by atoms with E-state index in [0.717, 1.165) is 33.2 Å². The third kappa shape index (κ3) is 4.48. The lowest BCUT2D eigenvalue weighted by molar-refractivity contribution is 0.513. The Bertz CT molecular complexity index is 1260. The Kier molecular flexibility index (Phi) is 6.19. The molecule has 1 aromatic carbocycles. The predicted octanol–water partition coefficient (Wildman–Crippen LogP) is 4.07. The zero-order valence-corrected chi connectivity index (χ0v) is 19.4. The highest BCUT2D eigenvalue weighted by molar-refractivity contribution is 7.90. The minimum atomic E-state index is -1.20. The standard InChI is InChI=1S/C24H28N6OS/c1-5-8-18(29-32(31)24(2,3)4)12-19-13-20(22-23(25)27-15-28-30(19)22)17-11-16-9-6-7-10-21(16)26-14-17/h5-7,9-11,13-15,18,29H,1,8,12H2,2-4H3,(H2,25,27,28)/t18-,32?/m0/s1. The van der Waals surface area contributed by atoms with Gasteiger partial charge in [0, 0.05) is 46.2 Å². The van der Waals surface area contributed by atoms with Crippen molar-refractivity contribution in [3.05, 3.63) is 67.3 Å². The summed E-state index contributed by atoms with van der Waals surface area (Å²) < 4.78 is 17.4. The van der Waals surface area contributed by atoms with Crippen molar-refractivity contribution >= 4 is 33.6 Å². The molecule has 0 spiro atoms. The van der Waals surface area contributed by atoms with Crippen LogP contribution in [0.2, 0.25) is 0 Å². The number of nitrogen functional groups attached to an aromatic ring is 1. The zero-order chi connectivity index (χ0) is 22.9. The Balaban J connectivity index is 1.77. The Morgan fingerprint density at radius 3 is 2.78 bits per heavy atom. The van der Waals surface area contributed by atoms with Gasteiger partial charge < -0.3 is 10.3 Å². The van der Waals surface area contributed by atoms with E-state index in [1.54, 1.807) is 0 Å². The van der Waals surface area contributed by atoms with Crippen LogP contribution in [0.1, 0.15) is 32.9 Å². The van der Waals surface area contributed by atoms with Gasteiger partial charge in [-0.25, -0.2) is 9.50 Å². The number of aromatic nitrogens is 4. The number of para-hydroxylation sites is 1. The van der Waals surface area contributed by atoms with Gasteiger partial charge in [0.25, 0.3) is 0 Å². The number of fused-ring (bicyclic) bond motifs is 2. The van der Waals surface area contributed by atoms with Crippen molar-refractivity contribution in [2.24, 2.45) is 0 Å². The summed E-state index contributed by atoms with van der Waals surface area (Å²) in [6, 6.07) is 12.1. The van der Waals surface area contributed by atoms with Crippen molar-refractivity contribution in [2.75, 3.05) is 5.73 Å². The van der Waals surface area contributed by atoms with Crippen LogP contribution in [0.4, 0.5) is 5.82 Å². The fraction of sp³-hybridized carbons (Fsp3) is 0.292. The SMILES string of the molecule is C=CC[C@@H](Cc1cc(-c2cnc3ccccc3c2)c2c(N)ncnn12)N[S+]([O-])C(C)(C)C. The van der Waals surface area contributed by atoms with Gasteiger partial charge in [-0.3, -0.25) is 4.98 Å². The van der Waals surface area contributed by atoms with Gasteiger partial charge in [-0.05, 0) is 45.4 Å². The second-order valence-corrected chi connectivity index (χ2v) is 10.8. The maximum absolute atomic E-state index is 12.7. The van der Waals surface area contributed by atoms with Crippen LogP contribution in [0, 0.1) is 0 Å². The second-order valence-electron chi connectivity index (χ2n) is 8.80. The van der Waals surface area contributed by atoms with Gasteiger partial charge in [-0.2, -0.15) is 5.10 Å². The van der Waals surface area contributed by atoms with Gasteiger partial charge in [0.05, 0.1) is 11.6 Å². The van der Waals surface area contributed by atoms with E-state index in [1.165, 1.54) is 6.33 Å². The fourth-order valence-corrected chi connectivity index (χ4v) is 4.51. The molecule has 3 N–H and O–H groups in total. The molecule has 0 aliphatic carbocycles. The topological polar surface area (TPSA) is 104 Å². The van der Waals surface area contributed by atoms with Gasteiger partial charge in [0.1, 0.15) is 16.6 Å². The molecule has 0 amide bonds. The highest BCUT2D eigenvalue weighted by Gasteiger charge is 2.29. The molecule has 3 heterocycles. The molecular formula is C24H28N6OS. The molecule has 0 radical (unpaired) electrons. The van der Waals surface area contributed by atoms with Crippen LogP contribution in [0.25, 0.3) is 27.5 Å². The lowest BCUT2D eigenvalue weighted by Crippen LogP contribution is -2.45. The molecule has 0 fully saturated rings. The maximum Gasteiger partial charge on any atom is 0.151 e. The van der Waals surface area contributed by atoms with Crippen LogP contribution in [0.3, 0.4) is 0 Å². The molecule has 0 saturated heterocycles. The number of pyridine rings is 1. The van der Waals surface area contributed by atoms with E-state index in [4.69, 9.17) is 5.73 Å². The molecule has 0 bridgehead atoms. The molecule has 0 aliphatic heterocycles. The van der Waals surface area contributed by atoms with Gasteiger partial charge in [0.2, 0.25) is 0 Å². The first-order chi connectivity index (χ1) is 15.3. The zero-order valence-electron chi connectivity index (χ0n) is 18.6. The van der Waals surface area contributed by atoms with Crippen molar-refractivity contribution in [1.29, 1.82) is 0 Å². The molecule has 166 valence electrons. The summed E-state index contributed by atoms with van der Waals surface area (Å²) in [6.45, 7) is 9.72. The molecule has 0 aliphatic rings. The monoisotopic (exact) mass is 448 g/mol. The van der Waals surface area contributed by atoms with Crippen molar-refractivity contribution < 1.29 is 4.55 Å². The van der Waals surface area contributed by atoms with Crippen LogP contribution in [0.5, 0.6) is 0 Å². The van der Waals surface area contributed by atoms with E-state index in [0.29, 0.717) is 18.7 Å². The average Bonchev–Trinajstić information content (AvgIpc) is 3.12. The number of nitrogens with one attached hydrogen (secondary N) is 1. The van der Waals surface area contributed by atoms with Crippen molar-refractivity contribution in [3.8, 4) is 11.1 Å². The number of anilines is 1. The summed E-state index contributed by atoms with van der Waals surface area (Å²) in [5.41, 5.74) is 10.8. The van der Waals surface area contributed by atoms with Crippen molar-refractivity contribution in [1.82, 2.24) is 24.3 Å². The van der Waals surface area contributed by atoms with Crippen LogP contribution in [0.15, 0.2) is 61.6 Å². The van der Waals surface area contributed by atoms with Crippen LogP contribution < -0.4 is 10.5 Å². The van der Waals surface area contributed by atoms with E-state index < -0.39 is 11.4 Å². The molecule has 8 heteroatoms. The average molecular weight is 449 g/mol. The molecule has 4 rings (SSSR count). The summed E-state index contributed by atoms with van der Waals surface area (Å²) in [4.78, 5) is 8.81. The smallest absolute Gasteiger partial charge is 0.151 e. The van der Waals surface area contributed by atoms with Crippen LogP contribution in [-0.4, -0.2) is 34.9 Å². The van der Waals surface area contributed by atoms with E-state index >= 15 is 0 Å². The highest BCUT2D eigenvalue weighted by Crippen LogP contribution is 2.32. The fourth-order valence-electron chi connectivity index (χ4n) is 3.67. The third-order valence-electron chi connectivity index (χ3n) is 5.29. The molecule has 3 aromatic heterocycles. The van der Waals surface area contributed by atoms with E-state index in [-0.39, 0.29) is 10.8 Å². The molecule has 2 atom stereocenters. The summed E-state index contributed by atoms with van der Waals surface area (Å²) in [5, 5.41) is 5.52. The Morgan fingerprint density at radius 1 is 1.25 bits per heavy atom. The summed E-state index contributed by atoms with van der Waals surface area (Å²) in [5.74, 6) is 0.404. The number of hydrogen-bond donors (Lipinski definition) is 2.